The van der Waals surface area contributed by atoms with Crippen LogP contribution in [-0.2, 0) is 6.42 Å². The molecule has 1 aromatic rings. The summed E-state index contributed by atoms with van der Waals surface area (Å²) in [6, 6.07) is 3.95. The van der Waals surface area contributed by atoms with Gasteiger partial charge in [0.15, 0.2) is 11.5 Å². The van der Waals surface area contributed by atoms with Crippen LogP contribution in [0, 0.1) is 0 Å². The number of nitrogens with two attached hydrogens (primary N) is 1. The van der Waals surface area contributed by atoms with Crippen molar-refractivity contribution in [3.63, 3.8) is 0 Å². The van der Waals surface area contributed by atoms with Crippen molar-refractivity contribution in [3.8, 4) is 17.2 Å². The largest absolute Gasteiger partial charge is 0.493 e. The van der Waals surface area contributed by atoms with E-state index in [-0.39, 0.29) is 0 Å². The van der Waals surface area contributed by atoms with Gasteiger partial charge in [-0.3, -0.25) is 0 Å². The quantitative estimate of drug-likeness (QED) is 0.841. The van der Waals surface area contributed by atoms with Crippen molar-refractivity contribution in [2.24, 2.45) is 5.73 Å². The summed E-state index contributed by atoms with van der Waals surface area (Å²) in [5, 5.41) is 0. The second-order valence-electron chi connectivity index (χ2n) is 4.54. The summed E-state index contributed by atoms with van der Waals surface area (Å²) >= 11 is 0. The van der Waals surface area contributed by atoms with Crippen molar-refractivity contribution in [3.05, 3.63) is 17.7 Å². The van der Waals surface area contributed by atoms with Gasteiger partial charge in [0.2, 0.25) is 5.75 Å². The Labute approximate surface area is 108 Å². The van der Waals surface area contributed by atoms with Gasteiger partial charge in [0.25, 0.3) is 0 Å². The maximum atomic E-state index is 5.95. The van der Waals surface area contributed by atoms with E-state index >= 15 is 0 Å². The average Bonchev–Trinajstić information content (AvgIpc) is 2.34. The van der Waals surface area contributed by atoms with Crippen LogP contribution in [0.15, 0.2) is 12.1 Å². The molecule has 0 unspecified atom stereocenters. The Morgan fingerprint density at radius 2 is 1.78 bits per heavy atom. The van der Waals surface area contributed by atoms with Crippen LogP contribution in [0.2, 0.25) is 0 Å². The Bertz CT molecular complexity index is 377. The molecule has 2 rings (SSSR count). The number of methoxy groups -OCH3 is 2. The summed E-state index contributed by atoms with van der Waals surface area (Å²) in [6.45, 7) is 0.606. The molecule has 4 heteroatoms. The molecule has 0 amide bonds. The fourth-order valence-corrected chi connectivity index (χ4v) is 2.02. The SMILES string of the molecule is COc1cc(CCN)cc(OC)c1OC1CCC1. The number of rotatable bonds is 6. The van der Waals surface area contributed by atoms with Gasteiger partial charge in [-0.2, -0.15) is 0 Å². The van der Waals surface area contributed by atoms with Crippen molar-refractivity contribution < 1.29 is 14.2 Å². The van der Waals surface area contributed by atoms with E-state index in [0.717, 1.165) is 36.3 Å². The van der Waals surface area contributed by atoms with Crippen molar-refractivity contribution in [1.82, 2.24) is 0 Å². The van der Waals surface area contributed by atoms with Crippen LogP contribution < -0.4 is 19.9 Å². The zero-order chi connectivity index (χ0) is 13.0. The van der Waals surface area contributed by atoms with Crippen LogP contribution in [0.4, 0.5) is 0 Å². The van der Waals surface area contributed by atoms with E-state index in [1.54, 1.807) is 14.2 Å². The molecule has 0 atom stereocenters. The summed E-state index contributed by atoms with van der Waals surface area (Å²) in [4.78, 5) is 0. The molecule has 1 saturated carbocycles. The minimum Gasteiger partial charge on any atom is -0.493 e. The van der Waals surface area contributed by atoms with Gasteiger partial charge in [-0.05, 0) is 49.9 Å². The predicted octanol–water partition coefficient (Wildman–Crippen LogP) is 2.14. The lowest BCUT2D eigenvalue weighted by Gasteiger charge is -2.28. The molecule has 0 radical (unpaired) electrons. The maximum Gasteiger partial charge on any atom is 0.203 e. The van der Waals surface area contributed by atoms with Crippen molar-refractivity contribution >= 4 is 0 Å². The normalized spacial score (nSPS) is 15.1. The first-order valence-corrected chi connectivity index (χ1v) is 6.40. The minimum atomic E-state index is 0.299. The van der Waals surface area contributed by atoms with Crippen LogP contribution in [0.5, 0.6) is 17.2 Å². The first-order valence-electron chi connectivity index (χ1n) is 6.40. The second kappa shape index (κ2) is 5.96. The second-order valence-corrected chi connectivity index (χ2v) is 4.54. The van der Waals surface area contributed by atoms with E-state index in [9.17, 15) is 0 Å². The molecule has 0 bridgehead atoms. The third-order valence-corrected chi connectivity index (χ3v) is 3.29. The maximum absolute atomic E-state index is 5.95. The van der Waals surface area contributed by atoms with Crippen molar-refractivity contribution in [2.45, 2.75) is 31.8 Å². The lowest BCUT2D eigenvalue weighted by molar-refractivity contribution is 0.111. The van der Waals surface area contributed by atoms with Gasteiger partial charge in [-0.1, -0.05) is 0 Å². The van der Waals surface area contributed by atoms with Crippen molar-refractivity contribution in [2.75, 3.05) is 20.8 Å². The Morgan fingerprint density at radius 3 is 2.17 bits per heavy atom. The first-order chi connectivity index (χ1) is 8.78. The molecule has 0 saturated heterocycles. The molecule has 2 N–H and O–H groups in total. The summed E-state index contributed by atoms with van der Waals surface area (Å²) in [6.07, 6.45) is 4.55. The van der Waals surface area contributed by atoms with E-state index < -0.39 is 0 Å². The molecule has 4 nitrogen and oxygen atoms in total. The predicted molar refractivity (Wildman–Crippen MR) is 70.6 cm³/mol. The average molecular weight is 251 g/mol. The molecular weight excluding hydrogens is 230 g/mol. The molecule has 1 aliphatic carbocycles. The van der Waals surface area contributed by atoms with Crippen molar-refractivity contribution in [1.29, 1.82) is 0 Å². The molecule has 1 aliphatic rings. The molecule has 1 aromatic carbocycles. The summed E-state index contributed by atoms with van der Waals surface area (Å²) in [5.41, 5.74) is 6.68. The standard InChI is InChI=1S/C14H21NO3/c1-16-12-8-10(6-7-15)9-13(17-2)14(12)18-11-4-3-5-11/h8-9,11H,3-7,15H2,1-2H3. The molecule has 1 fully saturated rings. The van der Waals surface area contributed by atoms with Gasteiger partial charge < -0.3 is 19.9 Å². The fraction of sp³-hybridized carbons (Fsp3) is 0.571. The minimum absolute atomic E-state index is 0.299. The van der Waals surface area contributed by atoms with Gasteiger partial charge in [0.1, 0.15) is 0 Å². The van der Waals surface area contributed by atoms with E-state index in [4.69, 9.17) is 19.9 Å². The summed E-state index contributed by atoms with van der Waals surface area (Å²) in [7, 11) is 3.29. The lowest BCUT2D eigenvalue weighted by atomic mass is 9.96. The smallest absolute Gasteiger partial charge is 0.203 e. The highest BCUT2D eigenvalue weighted by molar-refractivity contribution is 5.54. The van der Waals surface area contributed by atoms with Gasteiger partial charge >= 0.3 is 0 Å². The summed E-state index contributed by atoms with van der Waals surface area (Å²) < 4.78 is 16.7. The third kappa shape index (κ3) is 2.70. The molecule has 0 aliphatic heterocycles. The molecule has 0 heterocycles. The fourth-order valence-electron chi connectivity index (χ4n) is 2.02. The summed E-state index contributed by atoms with van der Waals surface area (Å²) in [5.74, 6) is 2.17. The van der Waals surface area contributed by atoms with Crippen LogP contribution in [0.3, 0.4) is 0 Å². The molecule has 0 spiro atoms. The highest BCUT2D eigenvalue weighted by Gasteiger charge is 2.23. The highest BCUT2D eigenvalue weighted by Crippen LogP contribution is 2.41. The molecular formula is C14H21NO3. The number of hydrogen-bond donors (Lipinski definition) is 1. The Morgan fingerprint density at radius 1 is 1.17 bits per heavy atom. The van der Waals surface area contributed by atoms with Crippen LogP contribution in [-0.4, -0.2) is 26.9 Å². The molecule has 0 aromatic heterocycles. The first kappa shape index (κ1) is 13.0. The van der Waals surface area contributed by atoms with Gasteiger partial charge in [-0.15, -0.1) is 0 Å². The van der Waals surface area contributed by atoms with E-state index in [2.05, 4.69) is 0 Å². The lowest BCUT2D eigenvalue weighted by Crippen LogP contribution is -2.25. The van der Waals surface area contributed by atoms with Gasteiger partial charge in [-0.25, -0.2) is 0 Å². The zero-order valence-electron chi connectivity index (χ0n) is 11.1. The van der Waals surface area contributed by atoms with E-state index in [0.29, 0.717) is 18.4 Å². The number of ether oxygens (including phenoxy) is 3. The highest BCUT2D eigenvalue weighted by atomic mass is 16.5. The molecule has 100 valence electrons. The van der Waals surface area contributed by atoms with E-state index in [1.807, 2.05) is 12.1 Å². The van der Waals surface area contributed by atoms with Gasteiger partial charge in [0, 0.05) is 0 Å². The molecule has 18 heavy (non-hydrogen) atoms. The monoisotopic (exact) mass is 251 g/mol. The topological polar surface area (TPSA) is 53.7 Å². The Kier molecular flexibility index (Phi) is 4.31. The third-order valence-electron chi connectivity index (χ3n) is 3.29. The van der Waals surface area contributed by atoms with Crippen LogP contribution >= 0.6 is 0 Å². The van der Waals surface area contributed by atoms with E-state index in [1.165, 1.54) is 6.42 Å². The Balaban J connectivity index is 2.28. The Hall–Kier alpha value is -1.42. The van der Waals surface area contributed by atoms with Crippen LogP contribution in [0.25, 0.3) is 0 Å². The number of hydrogen-bond acceptors (Lipinski definition) is 4. The zero-order valence-corrected chi connectivity index (χ0v) is 11.1. The number of benzene rings is 1. The van der Waals surface area contributed by atoms with Crippen LogP contribution in [0.1, 0.15) is 24.8 Å². The van der Waals surface area contributed by atoms with Gasteiger partial charge in [0.05, 0.1) is 20.3 Å².